The van der Waals surface area contributed by atoms with Gasteiger partial charge in [-0.2, -0.15) is 0 Å². The molecule has 102 valence electrons. The number of anilines is 1. The van der Waals surface area contributed by atoms with Crippen molar-refractivity contribution in [1.29, 1.82) is 0 Å². The Kier molecular flexibility index (Phi) is 3.16. The van der Waals surface area contributed by atoms with Gasteiger partial charge >= 0.3 is 0 Å². The van der Waals surface area contributed by atoms with Gasteiger partial charge in [-0.3, -0.25) is 4.72 Å². The van der Waals surface area contributed by atoms with Gasteiger partial charge in [0.05, 0.1) is 22.9 Å². The molecule has 0 amide bonds. The Morgan fingerprint density at radius 2 is 2.26 bits per heavy atom. The maximum Gasteiger partial charge on any atom is 0.237 e. The van der Waals surface area contributed by atoms with Crippen LogP contribution in [0.2, 0.25) is 0 Å². The zero-order valence-electron chi connectivity index (χ0n) is 10.3. The van der Waals surface area contributed by atoms with Crippen LogP contribution < -0.4 is 4.72 Å². The number of benzene rings is 1. The molecule has 0 saturated carbocycles. The molecule has 0 aliphatic carbocycles. The first-order valence-electron chi connectivity index (χ1n) is 6.19. The van der Waals surface area contributed by atoms with Gasteiger partial charge in [-0.25, -0.2) is 13.4 Å². The molecule has 1 aliphatic heterocycles. The summed E-state index contributed by atoms with van der Waals surface area (Å²) in [7, 11) is -3.43. The van der Waals surface area contributed by atoms with Gasteiger partial charge in [0.25, 0.3) is 0 Å². The first kappa shape index (κ1) is 12.4. The summed E-state index contributed by atoms with van der Waals surface area (Å²) in [6.07, 6.45) is 1.51. The lowest BCUT2D eigenvalue weighted by atomic mass is 10.3. The Labute approximate surface area is 111 Å². The van der Waals surface area contributed by atoms with E-state index in [-0.39, 0.29) is 17.8 Å². The minimum atomic E-state index is -3.43. The number of sulfonamides is 1. The minimum Gasteiger partial charge on any atom is -0.377 e. The van der Waals surface area contributed by atoms with Crippen molar-refractivity contribution in [3.8, 4) is 0 Å². The van der Waals surface area contributed by atoms with Crippen LogP contribution in [0.25, 0.3) is 11.0 Å². The molecule has 3 rings (SSSR count). The van der Waals surface area contributed by atoms with Gasteiger partial charge in [0, 0.05) is 6.61 Å². The predicted molar refractivity (Wildman–Crippen MR) is 72.5 cm³/mol. The average Bonchev–Trinajstić information content (AvgIpc) is 2.95. The van der Waals surface area contributed by atoms with Gasteiger partial charge < -0.3 is 9.72 Å². The van der Waals surface area contributed by atoms with E-state index in [1.165, 1.54) is 0 Å². The Morgan fingerprint density at radius 1 is 1.42 bits per heavy atom. The van der Waals surface area contributed by atoms with Gasteiger partial charge in [-0.15, -0.1) is 0 Å². The summed E-state index contributed by atoms with van der Waals surface area (Å²) < 4.78 is 31.8. The molecule has 2 N–H and O–H groups in total. The maximum atomic E-state index is 12.0. The fraction of sp³-hybridized carbons (Fsp3) is 0.417. The highest BCUT2D eigenvalue weighted by Gasteiger charge is 2.23. The highest BCUT2D eigenvalue weighted by Crippen LogP contribution is 2.17. The van der Waals surface area contributed by atoms with Crippen molar-refractivity contribution in [1.82, 2.24) is 9.97 Å². The van der Waals surface area contributed by atoms with Gasteiger partial charge in [0.15, 0.2) is 0 Å². The van der Waals surface area contributed by atoms with Crippen LogP contribution in [-0.4, -0.2) is 36.8 Å². The molecular weight excluding hydrogens is 266 g/mol. The van der Waals surface area contributed by atoms with Crippen molar-refractivity contribution in [2.24, 2.45) is 0 Å². The number of hydrogen-bond donors (Lipinski definition) is 2. The number of hydrogen-bond acceptors (Lipinski definition) is 4. The molecule has 7 heteroatoms. The highest BCUT2D eigenvalue weighted by atomic mass is 32.2. The molecule has 0 radical (unpaired) electrons. The first-order chi connectivity index (χ1) is 9.12. The number of nitrogens with one attached hydrogen (secondary N) is 2. The van der Waals surface area contributed by atoms with E-state index in [0.29, 0.717) is 6.61 Å². The summed E-state index contributed by atoms with van der Waals surface area (Å²) in [5.74, 6) is 0.225. The summed E-state index contributed by atoms with van der Waals surface area (Å²) in [4.78, 5) is 7.12. The summed E-state index contributed by atoms with van der Waals surface area (Å²) in [6.45, 7) is 0.644. The Balaban J connectivity index is 1.75. The number of imidazole rings is 1. The van der Waals surface area contributed by atoms with Crippen molar-refractivity contribution < 1.29 is 13.2 Å². The van der Waals surface area contributed by atoms with Crippen LogP contribution in [0.4, 0.5) is 5.95 Å². The molecule has 1 aromatic heterocycles. The standard InChI is InChI=1S/C12H15N3O3S/c16-19(17,8-9-4-3-7-18-9)15-12-13-10-5-1-2-6-11(10)14-12/h1-2,5-6,9H,3-4,7-8H2,(H2,13,14,15). The molecule has 2 heterocycles. The summed E-state index contributed by atoms with van der Waals surface area (Å²) in [5.41, 5.74) is 1.54. The van der Waals surface area contributed by atoms with Gasteiger partial charge in [-0.1, -0.05) is 12.1 Å². The molecule has 1 saturated heterocycles. The number of H-pyrrole nitrogens is 1. The Bertz CT molecular complexity index is 641. The fourth-order valence-electron chi connectivity index (χ4n) is 2.21. The highest BCUT2D eigenvalue weighted by molar-refractivity contribution is 7.92. The normalized spacial score (nSPS) is 19.9. The quantitative estimate of drug-likeness (QED) is 0.889. The van der Waals surface area contributed by atoms with Crippen LogP contribution in [0.3, 0.4) is 0 Å². The van der Waals surface area contributed by atoms with E-state index in [2.05, 4.69) is 14.7 Å². The molecule has 0 spiro atoms. The second kappa shape index (κ2) is 4.82. The molecule has 6 nitrogen and oxygen atoms in total. The third-order valence-electron chi connectivity index (χ3n) is 3.07. The summed E-state index contributed by atoms with van der Waals surface area (Å²) in [6, 6.07) is 7.39. The molecule has 1 aliphatic rings. The van der Waals surface area contributed by atoms with Gasteiger partial charge in [0.2, 0.25) is 16.0 Å². The molecule has 1 fully saturated rings. The van der Waals surface area contributed by atoms with E-state index in [0.717, 1.165) is 23.9 Å². The third-order valence-corrected chi connectivity index (χ3v) is 4.39. The SMILES string of the molecule is O=S(=O)(CC1CCCO1)Nc1nc2ccccc2[nH]1. The van der Waals surface area contributed by atoms with Crippen LogP contribution in [0.5, 0.6) is 0 Å². The van der Waals surface area contributed by atoms with Crippen molar-refractivity contribution >= 4 is 27.0 Å². The van der Waals surface area contributed by atoms with Gasteiger partial charge in [-0.05, 0) is 25.0 Å². The first-order valence-corrected chi connectivity index (χ1v) is 7.84. The molecule has 19 heavy (non-hydrogen) atoms. The molecule has 1 unspecified atom stereocenters. The van der Waals surface area contributed by atoms with E-state index >= 15 is 0 Å². The molecule has 2 aromatic rings. The third kappa shape index (κ3) is 2.87. The smallest absolute Gasteiger partial charge is 0.237 e. The van der Waals surface area contributed by atoms with E-state index in [1.807, 2.05) is 24.3 Å². The molecule has 1 aromatic carbocycles. The lowest BCUT2D eigenvalue weighted by molar-refractivity contribution is 0.127. The number of ether oxygens (including phenoxy) is 1. The monoisotopic (exact) mass is 281 g/mol. The fourth-order valence-corrected chi connectivity index (χ4v) is 3.44. The number of fused-ring (bicyclic) bond motifs is 1. The van der Waals surface area contributed by atoms with Crippen LogP contribution in [0.1, 0.15) is 12.8 Å². The zero-order chi connectivity index (χ0) is 13.3. The largest absolute Gasteiger partial charge is 0.377 e. The minimum absolute atomic E-state index is 0.0238. The lowest BCUT2D eigenvalue weighted by Gasteiger charge is -2.10. The number of rotatable bonds is 4. The van der Waals surface area contributed by atoms with E-state index in [9.17, 15) is 8.42 Å². The van der Waals surface area contributed by atoms with Crippen molar-refractivity contribution in [3.63, 3.8) is 0 Å². The van der Waals surface area contributed by atoms with Crippen molar-refractivity contribution in [3.05, 3.63) is 24.3 Å². The van der Waals surface area contributed by atoms with E-state index < -0.39 is 10.0 Å². The number of para-hydroxylation sites is 2. The maximum absolute atomic E-state index is 12.0. The summed E-state index contributed by atoms with van der Waals surface area (Å²) >= 11 is 0. The number of nitrogens with zero attached hydrogens (tertiary/aromatic N) is 1. The van der Waals surface area contributed by atoms with Crippen LogP contribution in [0.15, 0.2) is 24.3 Å². The molecule has 0 bridgehead atoms. The number of aromatic nitrogens is 2. The Morgan fingerprint density at radius 3 is 3.00 bits per heavy atom. The Hall–Kier alpha value is -1.60. The summed E-state index contributed by atoms with van der Waals surface area (Å²) in [5, 5.41) is 0. The lowest BCUT2D eigenvalue weighted by Crippen LogP contribution is -2.26. The molecule has 1 atom stereocenters. The van der Waals surface area contributed by atoms with Crippen LogP contribution >= 0.6 is 0 Å². The molecular formula is C12H15N3O3S. The predicted octanol–water partition coefficient (Wildman–Crippen LogP) is 1.48. The second-order valence-electron chi connectivity index (χ2n) is 4.62. The topological polar surface area (TPSA) is 84.1 Å². The number of aromatic amines is 1. The van der Waals surface area contributed by atoms with Gasteiger partial charge in [0.1, 0.15) is 0 Å². The van der Waals surface area contributed by atoms with Crippen LogP contribution in [-0.2, 0) is 14.8 Å². The zero-order valence-corrected chi connectivity index (χ0v) is 11.1. The van der Waals surface area contributed by atoms with Crippen molar-refractivity contribution in [2.45, 2.75) is 18.9 Å². The van der Waals surface area contributed by atoms with Crippen molar-refractivity contribution in [2.75, 3.05) is 17.1 Å². The van der Waals surface area contributed by atoms with E-state index in [1.54, 1.807) is 0 Å². The average molecular weight is 281 g/mol. The van der Waals surface area contributed by atoms with Crippen LogP contribution in [0, 0.1) is 0 Å². The van der Waals surface area contributed by atoms with E-state index in [4.69, 9.17) is 4.74 Å². The second-order valence-corrected chi connectivity index (χ2v) is 6.39.